The van der Waals surface area contributed by atoms with Crippen molar-refractivity contribution in [3.05, 3.63) is 59.2 Å². The second-order valence-corrected chi connectivity index (χ2v) is 6.25. The zero-order chi connectivity index (χ0) is 19.2. The maximum Gasteiger partial charge on any atom is 0.292 e. The number of nitrogens with zero attached hydrogens (tertiary/aromatic N) is 1. The topological polar surface area (TPSA) is 103 Å². The van der Waals surface area contributed by atoms with Crippen molar-refractivity contribution in [2.24, 2.45) is 0 Å². The average Bonchev–Trinajstić information content (AvgIpc) is 2.68. The molecule has 0 atom stereocenters. The zero-order valence-corrected chi connectivity index (χ0v) is 14.7. The van der Waals surface area contributed by atoms with E-state index in [4.69, 9.17) is 10.00 Å². The molecule has 3 rings (SSSR count). The molecule has 1 heterocycles. The summed E-state index contributed by atoms with van der Waals surface area (Å²) < 4.78 is 4.82. The van der Waals surface area contributed by atoms with Gasteiger partial charge in [0.2, 0.25) is 0 Å². The summed E-state index contributed by atoms with van der Waals surface area (Å²) in [6, 6.07) is 1.20. The molecule has 0 unspecified atom stereocenters. The van der Waals surface area contributed by atoms with Crippen LogP contribution in [0.1, 0.15) is 35.2 Å². The van der Waals surface area contributed by atoms with E-state index in [1.807, 2.05) is 24.3 Å². The second-order valence-electron chi connectivity index (χ2n) is 6.25. The van der Waals surface area contributed by atoms with Crippen molar-refractivity contribution in [2.45, 2.75) is 19.3 Å². The maximum absolute atomic E-state index is 12.7. The van der Waals surface area contributed by atoms with Crippen LogP contribution in [0.4, 0.5) is 0 Å². The van der Waals surface area contributed by atoms with Crippen LogP contribution in [0.2, 0.25) is 0 Å². The summed E-state index contributed by atoms with van der Waals surface area (Å²) in [4.78, 5) is 12.7. The van der Waals surface area contributed by atoms with Crippen molar-refractivity contribution in [3.8, 4) is 23.5 Å². The van der Waals surface area contributed by atoms with Gasteiger partial charge in [0.05, 0.1) is 5.56 Å². The van der Waals surface area contributed by atoms with Gasteiger partial charge in [0.15, 0.2) is 11.5 Å². The summed E-state index contributed by atoms with van der Waals surface area (Å²) in [6.45, 7) is 1.30. The van der Waals surface area contributed by atoms with E-state index in [1.165, 1.54) is 18.4 Å². The number of phenols is 2. The first-order chi connectivity index (χ1) is 13.1. The highest BCUT2D eigenvalue weighted by atomic mass is 16.5. The van der Waals surface area contributed by atoms with Gasteiger partial charge in [-0.2, -0.15) is 0 Å². The molecule has 27 heavy (non-hydrogen) atoms. The lowest BCUT2D eigenvalue weighted by atomic mass is 9.93. The van der Waals surface area contributed by atoms with Crippen molar-refractivity contribution in [1.29, 1.82) is 5.26 Å². The Balaban J connectivity index is 2.03. The normalized spacial score (nSPS) is 16.6. The number of rotatable bonds is 5. The number of carbonyl (C=O) groups excluding carboxylic acids is 1. The predicted octanol–water partition coefficient (Wildman–Crippen LogP) is 3.35. The Morgan fingerprint density at radius 3 is 2.81 bits per heavy atom. The van der Waals surface area contributed by atoms with Crippen molar-refractivity contribution in [2.75, 3.05) is 13.1 Å². The highest BCUT2D eigenvalue weighted by molar-refractivity contribution is 6.10. The van der Waals surface area contributed by atoms with Gasteiger partial charge in [0.1, 0.15) is 17.1 Å². The molecular weight excluding hydrogens is 344 g/mol. The van der Waals surface area contributed by atoms with Crippen LogP contribution in [-0.2, 0) is 0 Å². The minimum atomic E-state index is -0.506. The van der Waals surface area contributed by atoms with Crippen LogP contribution in [0.5, 0.6) is 17.2 Å². The van der Waals surface area contributed by atoms with Gasteiger partial charge in [-0.15, -0.1) is 5.26 Å². The molecule has 1 aromatic rings. The molecule has 138 valence electrons. The van der Waals surface area contributed by atoms with Gasteiger partial charge in [-0.3, -0.25) is 4.79 Å². The SMILES string of the molecule is N#COc1cc(O)c(C2=CCNCC2)c(O)c1C(=O)/C=C/C1=CCCC=C1. The first kappa shape index (κ1) is 18.5. The van der Waals surface area contributed by atoms with Crippen LogP contribution in [0.15, 0.2) is 48.1 Å². The molecule has 6 heteroatoms. The van der Waals surface area contributed by atoms with Crippen molar-refractivity contribution < 1.29 is 19.7 Å². The van der Waals surface area contributed by atoms with E-state index in [9.17, 15) is 15.0 Å². The van der Waals surface area contributed by atoms with Crippen LogP contribution in [-0.4, -0.2) is 29.1 Å². The zero-order valence-electron chi connectivity index (χ0n) is 14.7. The van der Waals surface area contributed by atoms with Crippen LogP contribution in [0, 0.1) is 11.5 Å². The lowest BCUT2D eigenvalue weighted by Gasteiger charge is -2.18. The van der Waals surface area contributed by atoms with E-state index in [2.05, 4.69) is 5.32 Å². The summed E-state index contributed by atoms with van der Waals surface area (Å²) >= 11 is 0. The number of nitriles is 1. The van der Waals surface area contributed by atoms with E-state index in [0.717, 1.165) is 24.0 Å². The summed E-state index contributed by atoms with van der Waals surface area (Å²) in [5.41, 5.74) is 1.70. The largest absolute Gasteiger partial charge is 0.507 e. The molecule has 2 aliphatic rings. The van der Waals surface area contributed by atoms with Crippen molar-refractivity contribution in [3.63, 3.8) is 0 Å². The van der Waals surface area contributed by atoms with E-state index in [0.29, 0.717) is 19.5 Å². The molecule has 0 amide bonds. The molecule has 1 aliphatic carbocycles. The lowest BCUT2D eigenvalue weighted by molar-refractivity contribution is 0.104. The van der Waals surface area contributed by atoms with Gasteiger partial charge in [0.25, 0.3) is 6.26 Å². The molecule has 0 fully saturated rings. The third-order valence-corrected chi connectivity index (χ3v) is 4.48. The number of allylic oxidation sites excluding steroid dienone is 6. The third-order valence-electron chi connectivity index (χ3n) is 4.48. The van der Waals surface area contributed by atoms with Crippen LogP contribution in [0.25, 0.3) is 5.57 Å². The van der Waals surface area contributed by atoms with Crippen molar-refractivity contribution in [1.82, 2.24) is 5.32 Å². The number of benzene rings is 1. The Labute approximate surface area is 157 Å². The molecule has 0 radical (unpaired) electrons. The molecule has 0 aromatic heterocycles. The number of aromatic hydroxyl groups is 2. The summed E-state index contributed by atoms with van der Waals surface area (Å²) in [7, 11) is 0. The second kappa shape index (κ2) is 8.39. The summed E-state index contributed by atoms with van der Waals surface area (Å²) in [5, 5.41) is 33.1. The average molecular weight is 364 g/mol. The predicted molar refractivity (Wildman–Crippen MR) is 101 cm³/mol. The number of hydrogen-bond acceptors (Lipinski definition) is 6. The van der Waals surface area contributed by atoms with E-state index in [-0.39, 0.29) is 28.4 Å². The fourth-order valence-corrected chi connectivity index (χ4v) is 3.18. The standard InChI is InChI=1S/C21H20N2O4/c22-13-27-18-12-17(25)19(15-8-10-23-11-9-15)21(26)20(18)16(24)7-6-14-4-2-1-3-5-14/h2,4-8,12,23,25-26H,1,3,9-11H2/b7-6+. The quantitative estimate of drug-likeness (QED) is 0.421. The lowest BCUT2D eigenvalue weighted by Crippen LogP contribution is -2.20. The molecule has 3 N–H and O–H groups in total. The van der Waals surface area contributed by atoms with Gasteiger partial charge in [0, 0.05) is 12.6 Å². The van der Waals surface area contributed by atoms with E-state index >= 15 is 0 Å². The summed E-state index contributed by atoms with van der Waals surface area (Å²) in [5.74, 6) is -1.29. The molecular formula is C21H20N2O4. The Kier molecular flexibility index (Phi) is 5.74. The van der Waals surface area contributed by atoms with Crippen LogP contribution >= 0.6 is 0 Å². The Hall–Kier alpha value is -3.30. The van der Waals surface area contributed by atoms with Gasteiger partial charge in [-0.1, -0.05) is 30.4 Å². The first-order valence-electron chi connectivity index (χ1n) is 8.76. The Bertz CT molecular complexity index is 917. The number of phenolic OH excluding ortho intramolecular Hbond substituents is 2. The van der Waals surface area contributed by atoms with Gasteiger partial charge >= 0.3 is 0 Å². The number of carbonyl (C=O) groups is 1. The Morgan fingerprint density at radius 2 is 2.15 bits per heavy atom. The monoisotopic (exact) mass is 364 g/mol. The number of ether oxygens (including phenoxy) is 1. The Morgan fingerprint density at radius 1 is 1.30 bits per heavy atom. The number of ketones is 1. The summed E-state index contributed by atoms with van der Waals surface area (Å²) in [6.07, 6.45) is 14.8. The molecule has 0 saturated heterocycles. The minimum Gasteiger partial charge on any atom is -0.507 e. The smallest absolute Gasteiger partial charge is 0.292 e. The molecule has 0 saturated carbocycles. The molecule has 1 aliphatic heterocycles. The molecule has 0 spiro atoms. The highest BCUT2D eigenvalue weighted by Crippen LogP contribution is 2.43. The van der Waals surface area contributed by atoms with Crippen molar-refractivity contribution >= 4 is 11.4 Å². The van der Waals surface area contributed by atoms with Crippen LogP contribution < -0.4 is 10.1 Å². The fourth-order valence-electron chi connectivity index (χ4n) is 3.18. The van der Waals surface area contributed by atoms with Gasteiger partial charge in [-0.05, 0) is 43.0 Å². The molecule has 6 nitrogen and oxygen atoms in total. The minimum absolute atomic E-state index is 0.138. The van der Waals surface area contributed by atoms with Gasteiger partial charge in [-0.25, -0.2) is 0 Å². The maximum atomic E-state index is 12.7. The fraction of sp³-hybridized carbons (Fsp3) is 0.238. The number of hydrogen-bond donors (Lipinski definition) is 3. The molecule has 0 bridgehead atoms. The van der Waals surface area contributed by atoms with Crippen LogP contribution in [0.3, 0.4) is 0 Å². The number of nitrogens with one attached hydrogen (secondary N) is 1. The highest BCUT2D eigenvalue weighted by Gasteiger charge is 2.25. The van der Waals surface area contributed by atoms with E-state index < -0.39 is 5.78 Å². The third kappa shape index (κ3) is 4.10. The van der Waals surface area contributed by atoms with E-state index in [1.54, 1.807) is 6.08 Å². The first-order valence-corrected chi connectivity index (χ1v) is 8.76. The molecule has 1 aromatic carbocycles. The van der Waals surface area contributed by atoms with Gasteiger partial charge < -0.3 is 20.3 Å².